The van der Waals surface area contributed by atoms with Crippen LogP contribution in [0.15, 0.2) is 54.6 Å². The normalized spacial score (nSPS) is 14.3. The van der Waals surface area contributed by atoms with Gasteiger partial charge in [-0.25, -0.2) is 9.97 Å². The van der Waals surface area contributed by atoms with Crippen molar-refractivity contribution in [1.82, 2.24) is 14.9 Å². The zero-order chi connectivity index (χ0) is 23.4. The number of methoxy groups -OCH3 is 1. The second-order valence-electron chi connectivity index (χ2n) is 8.75. The van der Waals surface area contributed by atoms with E-state index < -0.39 is 0 Å². The van der Waals surface area contributed by atoms with E-state index in [9.17, 15) is 4.79 Å². The SMILES string of the molecule is COc1ccc(C(=O)N2CCCN(c3nc(-c4ccccc4)nc(C)c3C(C)C)CC2)cc1. The maximum Gasteiger partial charge on any atom is 0.253 e. The zero-order valence-corrected chi connectivity index (χ0v) is 19.9. The minimum absolute atomic E-state index is 0.0624. The molecule has 1 aliphatic heterocycles. The lowest BCUT2D eigenvalue weighted by molar-refractivity contribution is 0.0767. The number of nitrogens with zero attached hydrogens (tertiary/aromatic N) is 4. The van der Waals surface area contributed by atoms with Crippen LogP contribution in [0.25, 0.3) is 11.4 Å². The number of rotatable bonds is 5. The van der Waals surface area contributed by atoms with Crippen LogP contribution in [-0.4, -0.2) is 54.1 Å². The molecule has 6 heteroatoms. The van der Waals surface area contributed by atoms with Crippen LogP contribution in [0.5, 0.6) is 5.75 Å². The van der Waals surface area contributed by atoms with Crippen LogP contribution in [-0.2, 0) is 0 Å². The monoisotopic (exact) mass is 444 g/mol. The topological polar surface area (TPSA) is 58.6 Å². The summed E-state index contributed by atoms with van der Waals surface area (Å²) in [7, 11) is 1.63. The summed E-state index contributed by atoms with van der Waals surface area (Å²) in [6.07, 6.45) is 0.892. The van der Waals surface area contributed by atoms with Gasteiger partial charge < -0.3 is 14.5 Å². The molecule has 0 bridgehead atoms. The first-order valence-corrected chi connectivity index (χ1v) is 11.6. The van der Waals surface area contributed by atoms with Gasteiger partial charge in [-0.05, 0) is 43.5 Å². The summed E-state index contributed by atoms with van der Waals surface area (Å²) >= 11 is 0. The quantitative estimate of drug-likeness (QED) is 0.558. The maximum absolute atomic E-state index is 13.1. The Hall–Kier alpha value is -3.41. The number of aromatic nitrogens is 2. The Labute approximate surface area is 196 Å². The van der Waals surface area contributed by atoms with Crippen molar-refractivity contribution in [3.63, 3.8) is 0 Å². The van der Waals surface area contributed by atoms with Gasteiger partial charge >= 0.3 is 0 Å². The predicted molar refractivity (Wildman–Crippen MR) is 132 cm³/mol. The Balaban J connectivity index is 1.59. The number of hydrogen-bond donors (Lipinski definition) is 0. The van der Waals surface area contributed by atoms with E-state index in [4.69, 9.17) is 14.7 Å². The standard InChI is InChI=1S/C27H32N4O2/c1-19(2)24-20(3)28-25(21-9-6-5-7-10-21)29-26(24)30-15-8-16-31(18-17-30)27(32)22-11-13-23(33-4)14-12-22/h5-7,9-14,19H,8,15-18H2,1-4H3. The number of anilines is 1. The molecule has 1 aliphatic rings. The molecule has 1 aromatic heterocycles. The zero-order valence-electron chi connectivity index (χ0n) is 19.9. The number of amides is 1. The molecule has 0 atom stereocenters. The van der Waals surface area contributed by atoms with E-state index in [1.165, 1.54) is 5.56 Å². The average molecular weight is 445 g/mol. The Morgan fingerprint density at radius 3 is 2.33 bits per heavy atom. The lowest BCUT2D eigenvalue weighted by atomic mass is 10.0. The second-order valence-corrected chi connectivity index (χ2v) is 8.75. The number of carbonyl (C=O) groups excluding carboxylic acids is 1. The number of hydrogen-bond acceptors (Lipinski definition) is 5. The average Bonchev–Trinajstić information content (AvgIpc) is 3.10. The molecule has 2 aromatic carbocycles. The van der Waals surface area contributed by atoms with Crippen molar-refractivity contribution in [3.05, 3.63) is 71.4 Å². The van der Waals surface area contributed by atoms with Crippen molar-refractivity contribution in [2.75, 3.05) is 38.2 Å². The molecule has 3 aromatic rings. The van der Waals surface area contributed by atoms with Gasteiger partial charge in [0.25, 0.3) is 5.91 Å². The number of ether oxygens (including phenoxy) is 1. The summed E-state index contributed by atoms with van der Waals surface area (Å²) < 4.78 is 5.22. The van der Waals surface area contributed by atoms with E-state index in [1.54, 1.807) is 7.11 Å². The minimum Gasteiger partial charge on any atom is -0.497 e. The van der Waals surface area contributed by atoms with Crippen molar-refractivity contribution < 1.29 is 9.53 Å². The van der Waals surface area contributed by atoms with E-state index in [0.717, 1.165) is 54.7 Å². The predicted octanol–water partition coefficient (Wildman–Crippen LogP) is 4.94. The fourth-order valence-corrected chi connectivity index (χ4v) is 4.45. The van der Waals surface area contributed by atoms with Gasteiger partial charge in [-0.1, -0.05) is 44.2 Å². The third-order valence-corrected chi connectivity index (χ3v) is 6.15. The van der Waals surface area contributed by atoms with E-state index in [1.807, 2.05) is 59.5 Å². The Morgan fingerprint density at radius 1 is 0.939 bits per heavy atom. The molecule has 2 heterocycles. The number of aryl methyl sites for hydroxylation is 1. The molecule has 172 valence electrons. The van der Waals surface area contributed by atoms with Crippen molar-refractivity contribution in [3.8, 4) is 17.1 Å². The van der Waals surface area contributed by atoms with Crippen LogP contribution < -0.4 is 9.64 Å². The highest BCUT2D eigenvalue weighted by molar-refractivity contribution is 5.94. The fraction of sp³-hybridized carbons (Fsp3) is 0.370. The van der Waals surface area contributed by atoms with Gasteiger partial charge in [-0.3, -0.25) is 4.79 Å². The van der Waals surface area contributed by atoms with E-state index in [0.29, 0.717) is 18.0 Å². The summed E-state index contributed by atoms with van der Waals surface area (Å²) in [5.74, 6) is 2.87. The molecule has 4 rings (SSSR count). The first-order chi connectivity index (χ1) is 16.0. The summed E-state index contributed by atoms with van der Waals surface area (Å²) in [6.45, 7) is 9.44. The molecule has 0 saturated carbocycles. The molecule has 0 radical (unpaired) electrons. The summed E-state index contributed by atoms with van der Waals surface area (Å²) in [5.41, 5.74) is 3.91. The van der Waals surface area contributed by atoms with Crippen molar-refractivity contribution in [1.29, 1.82) is 0 Å². The molecule has 1 saturated heterocycles. The molecule has 0 spiro atoms. The Bertz CT molecular complexity index is 1100. The van der Waals surface area contributed by atoms with E-state index in [2.05, 4.69) is 25.7 Å². The number of benzene rings is 2. The lowest BCUT2D eigenvalue weighted by Crippen LogP contribution is -2.35. The maximum atomic E-state index is 13.1. The van der Waals surface area contributed by atoms with Crippen molar-refractivity contribution >= 4 is 11.7 Å². The smallest absolute Gasteiger partial charge is 0.253 e. The van der Waals surface area contributed by atoms with E-state index >= 15 is 0 Å². The third-order valence-electron chi connectivity index (χ3n) is 6.15. The highest BCUT2D eigenvalue weighted by atomic mass is 16.5. The molecule has 1 fully saturated rings. The fourth-order valence-electron chi connectivity index (χ4n) is 4.45. The van der Waals surface area contributed by atoms with Gasteiger partial charge in [0.05, 0.1) is 7.11 Å². The highest BCUT2D eigenvalue weighted by Crippen LogP contribution is 2.31. The molecule has 33 heavy (non-hydrogen) atoms. The second kappa shape index (κ2) is 10.0. The summed E-state index contributed by atoms with van der Waals surface area (Å²) in [5, 5.41) is 0. The Morgan fingerprint density at radius 2 is 1.67 bits per heavy atom. The van der Waals surface area contributed by atoms with Crippen LogP contribution in [0.1, 0.15) is 47.8 Å². The van der Waals surface area contributed by atoms with Crippen LogP contribution in [0.3, 0.4) is 0 Å². The molecule has 0 N–H and O–H groups in total. The van der Waals surface area contributed by atoms with Gasteiger partial charge in [0.15, 0.2) is 5.82 Å². The molecule has 6 nitrogen and oxygen atoms in total. The van der Waals surface area contributed by atoms with Crippen LogP contribution in [0.4, 0.5) is 5.82 Å². The van der Waals surface area contributed by atoms with Gasteiger partial charge in [0, 0.05) is 48.6 Å². The molecule has 0 unspecified atom stereocenters. The number of carbonyl (C=O) groups is 1. The minimum atomic E-state index is 0.0624. The van der Waals surface area contributed by atoms with Crippen molar-refractivity contribution in [2.24, 2.45) is 0 Å². The van der Waals surface area contributed by atoms with Gasteiger partial charge in [0.2, 0.25) is 0 Å². The third kappa shape index (κ3) is 5.00. The van der Waals surface area contributed by atoms with Crippen LogP contribution >= 0.6 is 0 Å². The molecular formula is C27H32N4O2. The molecular weight excluding hydrogens is 412 g/mol. The van der Waals surface area contributed by atoms with Gasteiger partial charge in [0.1, 0.15) is 11.6 Å². The van der Waals surface area contributed by atoms with Gasteiger partial charge in [-0.15, -0.1) is 0 Å². The van der Waals surface area contributed by atoms with Gasteiger partial charge in [-0.2, -0.15) is 0 Å². The van der Waals surface area contributed by atoms with Crippen molar-refractivity contribution in [2.45, 2.75) is 33.1 Å². The Kier molecular flexibility index (Phi) is 6.92. The van der Waals surface area contributed by atoms with Crippen LogP contribution in [0, 0.1) is 6.92 Å². The molecule has 1 amide bonds. The first kappa shape index (κ1) is 22.8. The summed E-state index contributed by atoms with van der Waals surface area (Å²) in [4.78, 5) is 27.2. The highest BCUT2D eigenvalue weighted by Gasteiger charge is 2.25. The summed E-state index contributed by atoms with van der Waals surface area (Å²) in [6, 6.07) is 17.5. The first-order valence-electron chi connectivity index (χ1n) is 11.6. The van der Waals surface area contributed by atoms with E-state index in [-0.39, 0.29) is 5.91 Å². The van der Waals surface area contributed by atoms with Crippen LogP contribution in [0.2, 0.25) is 0 Å². The molecule has 0 aliphatic carbocycles. The lowest BCUT2D eigenvalue weighted by Gasteiger charge is -2.27. The largest absolute Gasteiger partial charge is 0.497 e.